The maximum absolute atomic E-state index is 13.3. The first-order chi connectivity index (χ1) is 9.51. The average Bonchev–Trinajstić information content (AvgIpc) is 2.85. The number of amides is 1. The van der Waals surface area contributed by atoms with Crippen LogP contribution in [0.5, 0.6) is 5.75 Å². The molecule has 1 unspecified atom stereocenters. The third kappa shape index (κ3) is 2.93. The molecule has 7 heteroatoms. The van der Waals surface area contributed by atoms with Crippen molar-refractivity contribution < 1.29 is 13.9 Å². The SMILES string of the molecule is COc1ccc(F)cc1C(C)NC(=O)c1n[nH]c(C)n1. The van der Waals surface area contributed by atoms with E-state index in [4.69, 9.17) is 4.74 Å². The first-order valence-electron chi connectivity index (χ1n) is 6.04. The molecule has 0 fully saturated rings. The molecule has 1 aromatic carbocycles. The molecule has 1 atom stereocenters. The Bertz CT molecular complexity index is 627. The fraction of sp³-hybridized carbons (Fsp3) is 0.308. The summed E-state index contributed by atoms with van der Waals surface area (Å²) in [5.74, 6) is 0.269. The maximum Gasteiger partial charge on any atom is 0.291 e. The van der Waals surface area contributed by atoms with Gasteiger partial charge in [-0.15, -0.1) is 5.10 Å². The summed E-state index contributed by atoms with van der Waals surface area (Å²) in [7, 11) is 1.49. The molecular weight excluding hydrogens is 263 g/mol. The standard InChI is InChI=1S/C13H15FN4O2/c1-7(10-6-9(14)4-5-11(10)20-3)15-13(19)12-16-8(2)17-18-12/h4-7H,1-3H3,(H,15,19)(H,16,17,18). The van der Waals surface area contributed by atoms with Gasteiger partial charge < -0.3 is 10.1 Å². The summed E-state index contributed by atoms with van der Waals surface area (Å²) in [6, 6.07) is 3.71. The van der Waals surface area contributed by atoms with Gasteiger partial charge in [0.05, 0.1) is 13.2 Å². The topological polar surface area (TPSA) is 79.9 Å². The van der Waals surface area contributed by atoms with Crippen molar-refractivity contribution in [3.8, 4) is 5.75 Å². The Balaban J connectivity index is 2.17. The number of nitrogens with one attached hydrogen (secondary N) is 2. The normalized spacial score (nSPS) is 12.0. The summed E-state index contributed by atoms with van der Waals surface area (Å²) in [5.41, 5.74) is 0.549. The van der Waals surface area contributed by atoms with Crippen LogP contribution in [-0.4, -0.2) is 28.2 Å². The molecule has 1 heterocycles. The molecule has 2 N–H and O–H groups in total. The summed E-state index contributed by atoms with van der Waals surface area (Å²) < 4.78 is 18.5. The number of carbonyl (C=O) groups excluding carboxylic acids is 1. The number of rotatable bonds is 4. The highest BCUT2D eigenvalue weighted by Gasteiger charge is 2.18. The van der Waals surface area contributed by atoms with Gasteiger partial charge in [-0.25, -0.2) is 9.37 Å². The van der Waals surface area contributed by atoms with E-state index in [1.807, 2.05) is 0 Å². The van der Waals surface area contributed by atoms with Gasteiger partial charge in [-0.2, -0.15) is 0 Å². The third-order valence-electron chi connectivity index (χ3n) is 2.81. The van der Waals surface area contributed by atoms with E-state index in [2.05, 4.69) is 20.5 Å². The van der Waals surface area contributed by atoms with Crippen molar-refractivity contribution >= 4 is 5.91 Å². The Hall–Kier alpha value is -2.44. The second kappa shape index (κ2) is 5.68. The van der Waals surface area contributed by atoms with Crippen molar-refractivity contribution in [1.82, 2.24) is 20.5 Å². The molecule has 106 valence electrons. The number of carbonyl (C=O) groups is 1. The van der Waals surface area contributed by atoms with Crippen molar-refractivity contribution in [2.45, 2.75) is 19.9 Å². The molecule has 2 aromatic rings. The minimum atomic E-state index is -0.438. The molecule has 0 spiro atoms. The van der Waals surface area contributed by atoms with E-state index in [1.165, 1.54) is 25.3 Å². The van der Waals surface area contributed by atoms with Gasteiger partial charge in [0.25, 0.3) is 5.91 Å². The lowest BCUT2D eigenvalue weighted by molar-refractivity contribution is 0.0929. The van der Waals surface area contributed by atoms with Crippen LogP contribution in [-0.2, 0) is 0 Å². The highest BCUT2D eigenvalue weighted by atomic mass is 19.1. The van der Waals surface area contributed by atoms with Gasteiger partial charge in [0.15, 0.2) is 0 Å². The summed E-state index contributed by atoms with van der Waals surface area (Å²) in [6.45, 7) is 3.43. The van der Waals surface area contributed by atoms with E-state index in [9.17, 15) is 9.18 Å². The Morgan fingerprint density at radius 1 is 1.50 bits per heavy atom. The summed E-state index contributed by atoms with van der Waals surface area (Å²) in [6.07, 6.45) is 0. The monoisotopic (exact) mass is 278 g/mol. The van der Waals surface area contributed by atoms with Crippen LogP contribution in [0, 0.1) is 12.7 Å². The van der Waals surface area contributed by atoms with Crippen LogP contribution in [0.2, 0.25) is 0 Å². The predicted octanol–water partition coefficient (Wildman–Crippen LogP) is 1.75. The van der Waals surface area contributed by atoms with Crippen molar-refractivity contribution in [3.63, 3.8) is 0 Å². The fourth-order valence-electron chi connectivity index (χ4n) is 1.83. The van der Waals surface area contributed by atoms with E-state index in [0.29, 0.717) is 17.1 Å². The molecule has 0 saturated carbocycles. The molecule has 0 aliphatic carbocycles. The molecule has 0 bridgehead atoms. The van der Waals surface area contributed by atoms with Crippen LogP contribution in [0.25, 0.3) is 0 Å². The smallest absolute Gasteiger partial charge is 0.291 e. The number of aromatic amines is 1. The molecule has 1 aromatic heterocycles. The number of halogens is 1. The van der Waals surface area contributed by atoms with Gasteiger partial charge in [-0.1, -0.05) is 0 Å². The quantitative estimate of drug-likeness (QED) is 0.893. The van der Waals surface area contributed by atoms with Crippen molar-refractivity contribution in [2.24, 2.45) is 0 Å². The molecule has 0 radical (unpaired) electrons. The lowest BCUT2D eigenvalue weighted by Crippen LogP contribution is -2.28. The Labute approximate surface area is 115 Å². The highest BCUT2D eigenvalue weighted by Crippen LogP contribution is 2.25. The minimum absolute atomic E-state index is 0.0460. The molecule has 20 heavy (non-hydrogen) atoms. The van der Waals surface area contributed by atoms with Crippen molar-refractivity contribution in [3.05, 3.63) is 41.2 Å². The zero-order valence-corrected chi connectivity index (χ0v) is 11.4. The van der Waals surface area contributed by atoms with Crippen LogP contribution in [0.15, 0.2) is 18.2 Å². The van der Waals surface area contributed by atoms with Crippen LogP contribution in [0.3, 0.4) is 0 Å². The van der Waals surface area contributed by atoms with Gasteiger partial charge in [0, 0.05) is 5.56 Å². The predicted molar refractivity (Wildman–Crippen MR) is 70.0 cm³/mol. The molecule has 0 aliphatic heterocycles. The maximum atomic E-state index is 13.3. The number of ether oxygens (including phenoxy) is 1. The fourth-order valence-corrected chi connectivity index (χ4v) is 1.83. The summed E-state index contributed by atoms with van der Waals surface area (Å²) in [5, 5.41) is 9.05. The number of benzene rings is 1. The third-order valence-corrected chi connectivity index (χ3v) is 2.81. The van der Waals surface area contributed by atoms with Gasteiger partial charge in [0.2, 0.25) is 5.82 Å². The zero-order valence-electron chi connectivity index (χ0n) is 11.4. The number of aromatic nitrogens is 3. The second-order valence-corrected chi connectivity index (χ2v) is 4.33. The number of nitrogens with zero attached hydrogens (tertiary/aromatic N) is 2. The van der Waals surface area contributed by atoms with E-state index in [-0.39, 0.29) is 5.82 Å². The minimum Gasteiger partial charge on any atom is -0.496 e. The van der Waals surface area contributed by atoms with E-state index in [0.717, 1.165) is 0 Å². The molecular formula is C13H15FN4O2. The van der Waals surface area contributed by atoms with Gasteiger partial charge in [-0.3, -0.25) is 9.89 Å². The van der Waals surface area contributed by atoms with Crippen LogP contribution in [0.4, 0.5) is 4.39 Å². The Morgan fingerprint density at radius 3 is 2.85 bits per heavy atom. The van der Waals surface area contributed by atoms with E-state index >= 15 is 0 Å². The number of aryl methyl sites for hydroxylation is 1. The second-order valence-electron chi connectivity index (χ2n) is 4.33. The molecule has 6 nitrogen and oxygen atoms in total. The Morgan fingerprint density at radius 2 is 2.25 bits per heavy atom. The van der Waals surface area contributed by atoms with E-state index in [1.54, 1.807) is 13.8 Å². The van der Waals surface area contributed by atoms with E-state index < -0.39 is 17.8 Å². The van der Waals surface area contributed by atoms with Gasteiger partial charge in [0.1, 0.15) is 17.4 Å². The summed E-state index contributed by atoms with van der Waals surface area (Å²) >= 11 is 0. The molecule has 2 rings (SSSR count). The number of H-pyrrole nitrogens is 1. The van der Waals surface area contributed by atoms with Crippen molar-refractivity contribution in [2.75, 3.05) is 7.11 Å². The molecule has 1 amide bonds. The molecule has 0 saturated heterocycles. The molecule has 0 aliphatic rings. The van der Waals surface area contributed by atoms with Crippen LogP contribution in [0.1, 0.15) is 35.0 Å². The van der Waals surface area contributed by atoms with Gasteiger partial charge >= 0.3 is 0 Å². The highest BCUT2D eigenvalue weighted by molar-refractivity contribution is 5.90. The number of hydrogen-bond acceptors (Lipinski definition) is 4. The number of hydrogen-bond donors (Lipinski definition) is 2. The average molecular weight is 278 g/mol. The number of methoxy groups -OCH3 is 1. The first kappa shape index (κ1) is 14.0. The van der Waals surface area contributed by atoms with Crippen molar-refractivity contribution in [1.29, 1.82) is 0 Å². The first-order valence-corrected chi connectivity index (χ1v) is 6.04. The van der Waals surface area contributed by atoms with Crippen LogP contribution >= 0.6 is 0 Å². The lowest BCUT2D eigenvalue weighted by Gasteiger charge is -2.16. The zero-order chi connectivity index (χ0) is 14.7. The van der Waals surface area contributed by atoms with Gasteiger partial charge in [-0.05, 0) is 32.0 Å². The largest absolute Gasteiger partial charge is 0.496 e. The summed E-state index contributed by atoms with van der Waals surface area (Å²) in [4.78, 5) is 15.9. The lowest BCUT2D eigenvalue weighted by atomic mass is 10.1. The van der Waals surface area contributed by atoms with Crippen LogP contribution < -0.4 is 10.1 Å². The Kier molecular flexibility index (Phi) is 3.97.